The summed E-state index contributed by atoms with van der Waals surface area (Å²) >= 11 is 0. The van der Waals surface area contributed by atoms with Crippen molar-refractivity contribution in [2.75, 3.05) is 6.61 Å². The standard InChI is InChI=1S/C14H14N2O3/c1-2-19-14(18)12-8-15-13-7-9(3-4-16(12)13)10-5-11(17)6-10/h3-4,7-8,10H,2,5-6H2,1H3. The molecule has 1 aliphatic carbocycles. The van der Waals surface area contributed by atoms with E-state index in [4.69, 9.17) is 4.74 Å². The highest BCUT2D eigenvalue weighted by atomic mass is 16.5. The van der Waals surface area contributed by atoms with Crippen LogP contribution in [-0.2, 0) is 9.53 Å². The average Bonchev–Trinajstić information content (AvgIpc) is 2.78. The Bertz CT molecular complexity index is 652. The maximum Gasteiger partial charge on any atom is 0.356 e. The fraction of sp³-hybridized carbons (Fsp3) is 0.357. The van der Waals surface area contributed by atoms with Gasteiger partial charge in [0.2, 0.25) is 0 Å². The summed E-state index contributed by atoms with van der Waals surface area (Å²) in [5, 5.41) is 0. The number of fused-ring (bicyclic) bond motifs is 1. The van der Waals surface area contributed by atoms with E-state index < -0.39 is 0 Å². The Balaban J connectivity index is 1.93. The van der Waals surface area contributed by atoms with Gasteiger partial charge >= 0.3 is 5.97 Å². The Kier molecular flexibility index (Phi) is 2.81. The van der Waals surface area contributed by atoms with Crippen LogP contribution in [0.5, 0.6) is 0 Å². The Hall–Kier alpha value is -2.17. The molecule has 0 unspecified atom stereocenters. The number of nitrogens with zero attached hydrogens (tertiary/aromatic N) is 2. The summed E-state index contributed by atoms with van der Waals surface area (Å²) in [6, 6.07) is 3.87. The van der Waals surface area contributed by atoms with Crippen molar-refractivity contribution in [1.82, 2.24) is 9.38 Å². The molecule has 19 heavy (non-hydrogen) atoms. The summed E-state index contributed by atoms with van der Waals surface area (Å²) in [4.78, 5) is 27.0. The number of ether oxygens (including phenoxy) is 1. The van der Waals surface area contributed by atoms with Crippen LogP contribution < -0.4 is 0 Å². The predicted molar refractivity (Wildman–Crippen MR) is 68.1 cm³/mol. The molecule has 0 aliphatic heterocycles. The number of carbonyl (C=O) groups excluding carboxylic acids is 2. The number of aromatic nitrogens is 2. The van der Waals surface area contributed by atoms with Crippen molar-refractivity contribution in [3.05, 3.63) is 35.8 Å². The molecule has 0 spiro atoms. The van der Waals surface area contributed by atoms with Crippen molar-refractivity contribution in [3.63, 3.8) is 0 Å². The lowest BCUT2D eigenvalue weighted by Gasteiger charge is -2.24. The van der Waals surface area contributed by atoms with Crippen LogP contribution in [0.2, 0.25) is 0 Å². The predicted octanol–water partition coefficient (Wildman–Crippen LogP) is 1.96. The zero-order valence-corrected chi connectivity index (χ0v) is 10.6. The summed E-state index contributed by atoms with van der Waals surface area (Å²) in [5.41, 5.74) is 2.24. The maximum absolute atomic E-state index is 11.7. The first kappa shape index (κ1) is 11.9. The van der Waals surface area contributed by atoms with Crippen LogP contribution in [0, 0.1) is 0 Å². The van der Waals surface area contributed by atoms with Gasteiger partial charge in [-0.3, -0.25) is 9.20 Å². The number of rotatable bonds is 3. The van der Waals surface area contributed by atoms with E-state index in [1.54, 1.807) is 11.3 Å². The summed E-state index contributed by atoms with van der Waals surface area (Å²) in [7, 11) is 0. The quantitative estimate of drug-likeness (QED) is 0.789. The van der Waals surface area contributed by atoms with Gasteiger partial charge in [0.1, 0.15) is 11.4 Å². The first-order chi connectivity index (χ1) is 9.19. The molecule has 5 heteroatoms. The van der Waals surface area contributed by atoms with Crippen LogP contribution in [0.4, 0.5) is 0 Å². The highest BCUT2D eigenvalue weighted by Gasteiger charge is 2.28. The minimum absolute atomic E-state index is 0.306. The fourth-order valence-electron chi connectivity index (χ4n) is 2.33. The summed E-state index contributed by atoms with van der Waals surface area (Å²) < 4.78 is 6.68. The Labute approximate surface area is 110 Å². The molecule has 0 saturated heterocycles. The van der Waals surface area contributed by atoms with E-state index in [0.29, 0.717) is 42.5 Å². The number of carbonyl (C=O) groups is 2. The lowest BCUT2D eigenvalue weighted by molar-refractivity contribution is -0.124. The van der Waals surface area contributed by atoms with Crippen LogP contribution in [0.15, 0.2) is 24.5 Å². The minimum atomic E-state index is -0.374. The highest BCUT2D eigenvalue weighted by molar-refractivity contribution is 5.88. The molecule has 0 radical (unpaired) electrons. The first-order valence-electron chi connectivity index (χ1n) is 6.35. The van der Waals surface area contributed by atoms with Gasteiger partial charge in [0, 0.05) is 19.0 Å². The number of imidazole rings is 1. The molecular weight excluding hydrogens is 244 g/mol. The molecule has 98 valence electrons. The first-order valence-corrected chi connectivity index (χ1v) is 6.35. The molecule has 0 atom stereocenters. The molecule has 0 bridgehead atoms. The van der Waals surface area contributed by atoms with Gasteiger partial charge in [-0.1, -0.05) is 0 Å². The second kappa shape index (κ2) is 4.50. The van der Waals surface area contributed by atoms with Crippen molar-refractivity contribution in [2.24, 2.45) is 0 Å². The summed E-state index contributed by atoms with van der Waals surface area (Å²) in [6.45, 7) is 2.11. The van der Waals surface area contributed by atoms with Gasteiger partial charge in [-0.05, 0) is 30.5 Å². The van der Waals surface area contributed by atoms with Gasteiger partial charge in [-0.25, -0.2) is 9.78 Å². The highest BCUT2D eigenvalue weighted by Crippen LogP contribution is 2.33. The zero-order valence-electron chi connectivity index (χ0n) is 10.6. The van der Waals surface area contributed by atoms with Crippen LogP contribution >= 0.6 is 0 Å². The minimum Gasteiger partial charge on any atom is -0.461 e. The van der Waals surface area contributed by atoms with Gasteiger partial charge in [0.25, 0.3) is 0 Å². The van der Waals surface area contributed by atoms with Crippen LogP contribution in [-0.4, -0.2) is 27.7 Å². The molecule has 0 N–H and O–H groups in total. The molecule has 2 aromatic heterocycles. The molecule has 1 aliphatic rings. The van der Waals surface area contributed by atoms with Gasteiger partial charge in [0.05, 0.1) is 12.8 Å². The summed E-state index contributed by atoms with van der Waals surface area (Å²) in [5.74, 6) is 0.238. The molecule has 1 fully saturated rings. The molecule has 0 aromatic carbocycles. The van der Waals surface area contributed by atoms with E-state index in [9.17, 15) is 9.59 Å². The Morgan fingerprint density at radius 1 is 1.53 bits per heavy atom. The van der Waals surface area contributed by atoms with Crippen LogP contribution in [0.3, 0.4) is 0 Å². The zero-order chi connectivity index (χ0) is 13.4. The number of Topliss-reactive ketones (excluding diaryl/α,β-unsaturated/α-hetero) is 1. The van der Waals surface area contributed by atoms with Crippen molar-refractivity contribution >= 4 is 17.4 Å². The second-order valence-corrected chi connectivity index (χ2v) is 4.70. The molecule has 2 aromatic rings. The third kappa shape index (κ3) is 2.01. The van der Waals surface area contributed by atoms with Crippen molar-refractivity contribution in [3.8, 4) is 0 Å². The number of ketones is 1. The number of esters is 1. The Morgan fingerprint density at radius 3 is 3.00 bits per heavy atom. The van der Waals surface area contributed by atoms with Crippen molar-refractivity contribution in [1.29, 1.82) is 0 Å². The summed E-state index contributed by atoms with van der Waals surface area (Å²) in [6.07, 6.45) is 4.55. The maximum atomic E-state index is 11.7. The smallest absolute Gasteiger partial charge is 0.356 e. The monoisotopic (exact) mass is 258 g/mol. The van der Waals surface area contributed by atoms with Crippen LogP contribution in [0.25, 0.3) is 5.65 Å². The molecule has 5 nitrogen and oxygen atoms in total. The van der Waals surface area contributed by atoms with Gasteiger partial charge in [-0.15, -0.1) is 0 Å². The second-order valence-electron chi connectivity index (χ2n) is 4.70. The molecule has 2 heterocycles. The SMILES string of the molecule is CCOC(=O)c1cnc2cc(C3CC(=O)C3)ccn12. The normalized spacial score (nSPS) is 15.5. The van der Waals surface area contributed by atoms with Gasteiger partial charge in [-0.2, -0.15) is 0 Å². The third-order valence-corrected chi connectivity index (χ3v) is 3.44. The lowest BCUT2D eigenvalue weighted by atomic mass is 9.79. The van der Waals surface area contributed by atoms with E-state index in [0.717, 1.165) is 5.56 Å². The number of hydrogen-bond donors (Lipinski definition) is 0. The van der Waals surface area contributed by atoms with Crippen LogP contribution in [0.1, 0.15) is 41.7 Å². The van der Waals surface area contributed by atoms with Gasteiger partial charge in [0.15, 0.2) is 5.69 Å². The lowest BCUT2D eigenvalue weighted by Crippen LogP contribution is -2.21. The van der Waals surface area contributed by atoms with Crippen molar-refractivity contribution < 1.29 is 14.3 Å². The van der Waals surface area contributed by atoms with E-state index in [1.165, 1.54) is 6.20 Å². The molecule has 1 saturated carbocycles. The van der Waals surface area contributed by atoms with E-state index >= 15 is 0 Å². The third-order valence-electron chi connectivity index (χ3n) is 3.44. The van der Waals surface area contributed by atoms with E-state index in [1.807, 2.05) is 18.3 Å². The molecule has 0 amide bonds. The van der Waals surface area contributed by atoms with Gasteiger partial charge < -0.3 is 4.74 Å². The van der Waals surface area contributed by atoms with E-state index in [-0.39, 0.29) is 5.97 Å². The van der Waals surface area contributed by atoms with E-state index in [2.05, 4.69) is 4.98 Å². The topological polar surface area (TPSA) is 60.7 Å². The number of pyridine rings is 1. The Morgan fingerprint density at radius 2 is 2.32 bits per heavy atom. The average molecular weight is 258 g/mol. The largest absolute Gasteiger partial charge is 0.461 e. The fourth-order valence-corrected chi connectivity index (χ4v) is 2.33. The molecular formula is C14H14N2O3. The molecule has 3 rings (SSSR count). The number of hydrogen-bond acceptors (Lipinski definition) is 4. The van der Waals surface area contributed by atoms with Crippen molar-refractivity contribution in [2.45, 2.75) is 25.7 Å².